The number of carbonyl (C=O) groups is 1. The van der Waals surface area contributed by atoms with Crippen LogP contribution in [-0.2, 0) is 4.79 Å². The van der Waals surface area contributed by atoms with Crippen LogP contribution in [0.25, 0.3) is 0 Å². The Labute approximate surface area is 175 Å². The average molecular weight is 397 g/mol. The van der Waals surface area contributed by atoms with E-state index in [2.05, 4.69) is 23.7 Å². The molecule has 0 aliphatic rings. The van der Waals surface area contributed by atoms with Crippen molar-refractivity contribution in [1.82, 2.24) is 10.2 Å². The molecule has 0 aliphatic heterocycles. The van der Waals surface area contributed by atoms with Crippen LogP contribution in [0.3, 0.4) is 0 Å². The molecule has 0 fully saturated rings. The minimum Gasteiger partial charge on any atom is -0.395 e. The van der Waals surface area contributed by atoms with Gasteiger partial charge in [-0.05, 0) is 25.8 Å². The molecule has 0 rings (SSSR count). The molecule has 0 aromatic carbocycles. The highest BCUT2D eigenvalue weighted by molar-refractivity contribution is 5.75. The van der Waals surface area contributed by atoms with E-state index in [9.17, 15) is 4.79 Å². The van der Waals surface area contributed by atoms with Crippen LogP contribution in [0.1, 0.15) is 103 Å². The predicted octanol–water partition coefficient (Wildman–Crippen LogP) is 5.45. The third kappa shape index (κ3) is 19.9. The van der Waals surface area contributed by atoms with Crippen LogP contribution in [0.2, 0.25) is 0 Å². The van der Waals surface area contributed by atoms with Crippen molar-refractivity contribution in [2.75, 3.05) is 32.8 Å². The topological polar surface area (TPSA) is 52.6 Å². The molecule has 4 nitrogen and oxygen atoms in total. The number of unbranched alkanes of at least 4 members (excludes halogenated alkanes) is 13. The summed E-state index contributed by atoms with van der Waals surface area (Å²) in [5.41, 5.74) is 0. The maximum Gasteiger partial charge on any atom is 0.220 e. The van der Waals surface area contributed by atoms with E-state index in [4.69, 9.17) is 5.11 Å². The van der Waals surface area contributed by atoms with Crippen LogP contribution < -0.4 is 5.32 Å². The molecule has 2 N–H and O–H groups in total. The van der Waals surface area contributed by atoms with Crippen molar-refractivity contribution >= 4 is 5.91 Å². The minimum atomic E-state index is 0.171. The number of likely N-dealkylation sites (N-methyl/N-ethyl adjacent to an activating group) is 1. The third-order valence-electron chi connectivity index (χ3n) is 5.43. The van der Waals surface area contributed by atoms with Gasteiger partial charge >= 0.3 is 0 Å². The Hall–Kier alpha value is -0.870. The fourth-order valence-corrected chi connectivity index (χ4v) is 3.53. The number of nitrogens with one attached hydrogen (secondary N) is 1. The van der Waals surface area contributed by atoms with Gasteiger partial charge in [0.05, 0.1) is 6.61 Å². The summed E-state index contributed by atoms with van der Waals surface area (Å²) in [6.45, 7) is 9.11. The Morgan fingerprint density at radius 2 is 1.36 bits per heavy atom. The lowest BCUT2D eigenvalue weighted by Crippen LogP contribution is -2.36. The quantitative estimate of drug-likeness (QED) is 0.189. The molecular weight excluding hydrogens is 348 g/mol. The number of allylic oxidation sites excluding steroid dienone is 1. The number of aliphatic hydroxyl groups excluding tert-OH is 1. The maximum absolute atomic E-state index is 11.8. The molecule has 0 unspecified atom stereocenters. The summed E-state index contributed by atoms with van der Waals surface area (Å²) in [6, 6.07) is 0. The molecular formula is C24H48N2O2. The second-order valence-corrected chi connectivity index (χ2v) is 7.93. The van der Waals surface area contributed by atoms with Gasteiger partial charge in [0.2, 0.25) is 5.91 Å². The summed E-state index contributed by atoms with van der Waals surface area (Å²) in [6.07, 6.45) is 21.0. The molecule has 0 aromatic rings. The lowest BCUT2D eigenvalue weighted by Gasteiger charge is -2.19. The third-order valence-corrected chi connectivity index (χ3v) is 5.43. The molecule has 28 heavy (non-hydrogen) atoms. The molecule has 0 spiro atoms. The number of rotatable bonds is 22. The summed E-state index contributed by atoms with van der Waals surface area (Å²) in [4.78, 5) is 14.0. The Morgan fingerprint density at radius 1 is 0.857 bits per heavy atom. The molecule has 0 aromatic heterocycles. The van der Waals surface area contributed by atoms with E-state index in [0.717, 1.165) is 19.5 Å². The van der Waals surface area contributed by atoms with Crippen molar-refractivity contribution < 1.29 is 9.90 Å². The lowest BCUT2D eigenvalue weighted by atomic mass is 10.0. The molecule has 4 heteroatoms. The van der Waals surface area contributed by atoms with E-state index in [-0.39, 0.29) is 12.5 Å². The van der Waals surface area contributed by atoms with Crippen molar-refractivity contribution in [3.05, 3.63) is 12.7 Å². The first-order chi connectivity index (χ1) is 13.7. The molecule has 0 saturated carbocycles. The minimum absolute atomic E-state index is 0.171. The van der Waals surface area contributed by atoms with Crippen LogP contribution in [-0.4, -0.2) is 48.7 Å². The number of hydrogen-bond donors (Lipinski definition) is 2. The first-order valence-corrected chi connectivity index (χ1v) is 11.9. The summed E-state index contributed by atoms with van der Waals surface area (Å²) in [7, 11) is 0. The number of nitrogens with zero attached hydrogens (tertiary/aromatic N) is 1. The van der Waals surface area contributed by atoms with Crippen molar-refractivity contribution in [3.8, 4) is 0 Å². The molecule has 0 radical (unpaired) electrons. The zero-order chi connectivity index (χ0) is 20.7. The van der Waals surface area contributed by atoms with E-state index in [1.54, 1.807) is 0 Å². The first kappa shape index (κ1) is 27.1. The first-order valence-electron chi connectivity index (χ1n) is 11.9. The predicted molar refractivity (Wildman–Crippen MR) is 122 cm³/mol. The smallest absolute Gasteiger partial charge is 0.220 e. The molecule has 0 bridgehead atoms. The molecule has 0 heterocycles. The highest BCUT2D eigenvalue weighted by Gasteiger charge is 2.04. The molecule has 166 valence electrons. The van der Waals surface area contributed by atoms with Crippen LogP contribution in [0.4, 0.5) is 0 Å². The van der Waals surface area contributed by atoms with Gasteiger partial charge < -0.3 is 10.4 Å². The van der Waals surface area contributed by atoms with Gasteiger partial charge in [-0.15, -0.1) is 6.58 Å². The summed E-state index contributed by atoms with van der Waals surface area (Å²) < 4.78 is 0. The van der Waals surface area contributed by atoms with Gasteiger partial charge in [0.1, 0.15) is 0 Å². The molecule has 0 aliphatic carbocycles. The van der Waals surface area contributed by atoms with E-state index < -0.39 is 0 Å². The SMILES string of the molecule is C=CCCCCCCCCCCCCCCCC(=O)NCCN(CC)CCO. The normalized spacial score (nSPS) is 11.1. The Kier molecular flexibility index (Phi) is 21.7. The maximum atomic E-state index is 11.8. The Bertz CT molecular complexity index is 347. The van der Waals surface area contributed by atoms with Gasteiger partial charge in [0.25, 0.3) is 0 Å². The molecule has 0 atom stereocenters. The standard InChI is InChI=1S/C24H48N2O2/c1-3-5-6-7-8-9-10-11-12-13-14-15-16-17-18-19-24(28)25-20-21-26(4-2)22-23-27/h3,27H,1,4-23H2,2H3,(H,25,28). The van der Waals surface area contributed by atoms with E-state index in [1.165, 1.54) is 83.5 Å². The van der Waals surface area contributed by atoms with Crippen molar-refractivity contribution in [1.29, 1.82) is 0 Å². The van der Waals surface area contributed by atoms with Crippen LogP contribution >= 0.6 is 0 Å². The van der Waals surface area contributed by atoms with Crippen LogP contribution in [0, 0.1) is 0 Å². The van der Waals surface area contributed by atoms with Crippen molar-refractivity contribution in [2.45, 2.75) is 103 Å². The van der Waals surface area contributed by atoms with Crippen LogP contribution in [0.5, 0.6) is 0 Å². The van der Waals surface area contributed by atoms with Gasteiger partial charge in [-0.25, -0.2) is 0 Å². The van der Waals surface area contributed by atoms with Crippen LogP contribution in [0.15, 0.2) is 12.7 Å². The average Bonchev–Trinajstić information content (AvgIpc) is 2.70. The fourth-order valence-electron chi connectivity index (χ4n) is 3.53. The summed E-state index contributed by atoms with van der Waals surface area (Å²) in [5, 5.41) is 11.9. The Balaban J connectivity index is 3.24. The van der Waals surface area contributed by atoms with E-state index >= 15 is 0 Å². The highest BCUT2D eigenvalue weighted by Crippen LogP contribution is 2.13. The highest BCUT2D eigenvalue weighted by atomic mass is 16.3. The van der Waals surface area contributed by atoms with Crippen molar-refractivity contribution in [3.63, 3.8) is 0 Å². The van der Waals surface area contributed by atoms with E-state index in [1.807, 2.05) is 6.08 Å². The van der Waals surface area contributed by atoms with Gasteiger partial charge in [0, 0.05) is 26.1 Å². The molecule has 0 saturated heterocycles. The summed E-state index contributed by atoms with van der Waals surface area (Å²) >= 11 is 0. The fraction of sp³-hybridized carbons (Fsp3) is 0.875. The second kappa shape index (κ2) is 22.4. The number of carbonyl (C=O) groups excluding carboxylic acids is 1. The number of aliphatic hydroxyl groups is 1. The van der Waals surface area contributed by atoms with Gasteiger partial charge in [-0.2, -0.15) is 0 Å². The zero-order valence-corrected chi connectivity index (χ0v) is 18.7. The van der Waals surface area contributed by atoms with Crippen molar-refractivity contribution in [2.24, 2.45) is 0 Å². The Morgan fingerprint density at radius 3 is 1.82 bits per heavy atom. The largest absolute Gasteiger partial charge is 0.395 e. The van der Waals surface area contributed by atoms with E-state index in [0.29, 0.717) is 19.5 Å². The summed E-state index contributed by atoms with van der Waals surface area (Å²) in [5.74, 6) is 0.171. The molecule has 1 amide bonds. The number of hydrogen-bond acceptors (Lipinski definition) is 3. The number of amides is 1. The second-order valence-electron chi connectivity index (χ2n) is 7.93. The zero-order valence-electron chi connectivity index (χ0n) is 18.7. The lowest BCUT2D eigenvalue weighted by molar-refractivity contribution is -0.121. The monoisotopic (exact) mass is 396 g/mol. The van der Waals surface area contributed by atoms with Gasteiger partial charge in [0.15, 0.2) is 0 Å². The van der Waals surface area contributed by atoms with Gasteiger partial charge in [-0.1, -0.05) is 83.6 Å². The van der Waals surface area contributed by atoms with Gasteiger partial charge in [-0.3, -0.25) is 9.69 Å².